The SMILES string of the molecule is CC(C)Cc1cc(C(=O)N(C)[C@@H]2CC[C@@H](N3CCCC3)[C@@H]2O)n(C)n1. The molecule has 3 atom stereocenters. The van der Waals surface area contributed by atoms with Gasteiger partial charge < -0.3 is 10.0 Å². The Kier molecular flexibility index (Phi) is 5.49. The summed E-state index contributed by atoms with van der Waals surface area (Å²) in [6.07, 6.45) is 4.67. The van der Waals surface area contributed by atoms with Gasteiger partial charge in [-0.15, -0.1) is 0 Å². The average Bonchev–Trinajstić information content (AvgIpc) is 3.25. The van der Waals surface area contributed by atoms with Crippen LogP contribution in [0.2, 0.25) is 0 Å². The molecule has 25 heavy (non-hydrogen) atoms. The molecule has 1 aliphatic heterocycles. The van der Waals surface area contributed by atoms with Crippen molar-refractivity contribution < 1.29 is 9.90 Å². The van der Waals surface area contributed by atoms with Crippen LogP contribution < -0.4 is 0 Å². The Morgan fingerprint density at radius 3 is 2.68 bits per heavy atom. The van der Waals surface area contributed by atoms with Gasteiger partial charge in [0.05, 0.1) is 17.8 Å². The number of nitrogens with zero attached hydrogens (tertiary/aromatic N) is 4. The second-order valence-corrected chi connectivity index (χ2v) is 8.10. The van der Waals surface area contributed by atoms with Gasteiger partial charge in [-0.2, -0.15) is 5.10 Å². The highest BCUT2D eigenvalue weighted by atomic mass is 16.3. The van der Waals surface area contributed by atoms with Crippen LogP contribution in [-0.4, -0.2) is 68.9 Å². The third kappa shape index (κ3) is 3.75. The van der Waals surface area contributed by atoms with E-state index in [1.165, 1.54) is 12.8 Å². The van der Waals surface area contributed by atoms with E-state index < -0.39 is 6.10 Å². The molecule has 6 heteroatoms. The Balaban J connectivity index is 1.69. The number of carbonyl (C=O) groups excluding carboxylic acids is 1. The molecule has 1 saturated carbocycles. The molecule has 2 aliphatic rings. The number of aryl methyl sites for hydroxylation is 1. The Labute approximate surface area is 150 Å². The number of aliphatic hydroxyl groups excluding tert-OH is 1. The van der Waals surface area contributed by atoms with Crippen LogP contribution in [0.5, 0.6) is 0 Å². The smallest absolute Gasteiger partial charge is 0.272 e. The summed E-state index contributed by atoms with van der Waals surface area (Å²) in [7, 11) is 3.64. The van der Waals surface area contributed by atoms with E-state index in [9.17, 15) is 9.90 Å². The van der Waals surface area contributed by atoms with Crippen LogP contribution in [0.15, 0.2) is 6.07 Å². The minimum absolute atomic E-state index is 0.0453. The fraction of sp³-hybridized carbons (Fsp3) is 0.789. The number of likely N-dealkylation sites (N-methyl/N-ethyl adjacent to an activating group) is 1. The molecule has 140 valence electrons. The topological polar surface area (TPSA) is 61.6 Å². The highest BCUT2D eigenvalue weighted by Crippen LogP contribution is 2.30. The third-order valence-corrected chi connectivity index (χ3v) is 5.74. The molecule has 0 unspecified atom stereocenters. The van der Waals surface area contributed by atoms with Crippen LogP contribution in [-0.2, 0) is 13.5 Å². The molecule has 0 aromatic carbocycles. The lowest BCUT2D eigenvalue weighted by atomic mass is 10.1. The minimum atomic E-state index is -0.463. The number of carbonyl (C=O) groups is 1. The quantitative estimate of drug-likeness (QED) is 0.879. The summed E-state index contributed by atoms with van der Waals surface area (Å²) in [5.74, 6) is 0.463. The molecule has 0 radical (unpaired) electrons. The van der Waals surface area contributed by atoms with Gasteiger partial charge in [-0.05, 0) is 57.2 Å². The van der Waals surface area contributed by atoms with E-state index in [0.717, 1.165) is 38.0 Å². The van der Waals surface area contributed by atoms with Crippen molar-refractivity contribution in [2.45, 2.75) is 64.1 Å². The zero-order chi connectivity index (χ0) is 18.1. The average molecular weight is 348 g/mol. The second kappa shape index (κ2) is 7.46. The molecule has 1 N–H and O–H groups in total. The van der Waals surface area contributed by atoms with Crippen molar-refractivity contribution in [1.29, 1.82) is 0 Å². The van der Waals surface area contributed by atoms with Crippen molar-refractivity contribution >= 4 is 5.91 Å². The van der Waals surface area contributed by atoms with Gasteiger partial charge in [0, 0.05) is 20.1 Å². The standard InChI is InChI=1S/C19H32N4O2/c1-13(2)11-14-12-17(22(4)20-14)19(25)21(3)15-7-8-16(18(15)24)23-9-5-6-10-23/h12-13,15-16,18,24H,5-11H2,1-4H3/t15-,16-,18-/m1/s1. The molecule has 1 aromatic heterocycles. The number of hydrogen-bond donors (Lipinski definition) is 1. The number of likely N-dealkylation sites (tertiary alicyclic amines) is 1. The van der Waals surface area contributed by atoms with Crippen LogP contribution in [0.1, 0.15) is 55.7 Å². The Bertz CT molecular complexity index is 607. The van der Waals surface area contributed by atoms with Crippen molar-refractivity contribution in [3.63, 3.8) is 0 Å². The Hall–Kier alpha value is -1.40. The van der Waals surface area contributed by atoms with Gasteiger partial charge in [-0.3, -0.25) is 14.4 Å². The van der Waals surface area contributed by atoms with Crippen molar-refractivity contribution in [3.8, 4) is 0 Å². The summed E-state index contributed by atoms with van der Waals surface area (Å²) in [4.78, 5) is 17.1. The van der Waals surface area contributed by atoms with Gasteiger partial charge in [-0.1, -0.05) is 13.8 Å². The van der Waals surface area contributed by atoms with E-state index in [0.29, 0.717) is 11.6 Å². The maximum Gasteiger partial charge on any atom is 0.272 e. The molecule has 0 spiro atoms. The van der Waals surface area contributed by atoms with E-state index in [-0.39, 0.29) is 18.0 Å². The van der Waals surface area contributed by atoms with Crippen LogP contribution in [0.4, 0.5) is 0 Å². The molecule has 6 nitrogen and oxygen atoms in total. The lowest BCUT2D eigenvalue weighted by Crippen LogP contribution is -2.48. The van der Waals surface area contributed by atoms with E-state index in [4.69, 9.17) is 0 Å². The van der Waals surface area contributed by atoms with Crippen LogP contribution in [0, 0.1) is 5.92 Å². The summed E-state index contributed by atoms with van der Waals surface area (Å²) in [5, 5.41) is 15.3. The summed E-state index contributed by atoms with van der Waals surface area (Å²) < 4.78 is 1.68. The maximum atomic E-state index is 13.0. The molecule has 2 heterocycles. The molecular weight excluding hydrogens is 316 g/mol. The number of hydrogen-bond acceptors (Lipinski definition) is 4. The molecule has 1 amide bonds. The highest BCUT2D eigenvalue weighted by molar-refractivity contribution is 5.92. The summed E-state index contributed by atoms with van der Waals surface area (Å²) in [6, 6.07) is 1.99. The third-order valence-electron chi connectivity index (χ3n) is 5.74. The zero-order valence-electron chi connectivity index (χ0n) is 16.0. The number of aromatic nitrogens is 2. The predicted octanol–water partition coefficient (Wildman–Crippen LogP) is 1.68. The number of amides is 1. The maximum absolute atomic E-state index is 13.0. The number of rotatable bonds is 5. The summed E-state index contributed by atoms with van der Waals surface area (Å²) in [6.45, 7) is 6.45. The normalized spacial score (nSPS) is 27.4. The van der Waals surface area contributed by atoms with Crippen molar-refractivity contribution in [2.24, 2.45) is 13.0 Å². The first-order chi connectivity index (χ1) is 11.9. The molecule has 1 aliphatic carbocycles. The molecule has 3 rings (SSSR count). The summed E-state index contributed by atoms with van der Waals surface area (Å²) >= 11 is 0. The molecular formula is C19H32N4O2. The number of aliphatic hydroxyl groups is 1. The second-order valence-electron chi connectivity index (χ2n) is 8.10. The first-order valence-corrected chi connectivity index (χ1v) is 9.60. The highest BCUT2D eigenvalue weighted by Gasteiger charge is 2.42. The molecule has 1 aromatic rings. The molecule has 2 fully saturated rings. The predicted molar refractivity (Wildman–Crippen MR) is 97.5 cm³/mol. The molecule has 1 saturated heterocycles. The van der Waals surface area contributed by atoms with Gasteiger partial charge in [0.25, 0.3) is 5.91 Å². The summed E-state index contributed by atoms with van der Waals surface area (Å²) in [5.41, 5.74) is 1.56. The fourth-order valence-electron chi connectivity index (χ4n) is 4.41. The van der Waals surface area contributed by atoms with Crippen molar-refractivity contribution in [3.05, 3.63) is 17.5 Å². The Morgan fingerprint density at radius 1 is 1.36 bits per heavy atom. The monoisotopic (exact) mass is 348 g/mol. The lowest BCUT2D eigenvalue weighted by molar-refractivity contribution is 0.0291. The first kappa shape index (κ1) is 18.4. The molecule has 0 bridgehead atoms. The van der Waals surface area contributed by atoms with E-state index in [2.05, 4.69) is 23.8 Å². The lowest BCUT2D eigenvalue weighted by Gasteiger charge is -2.32. The van der Waals surface area contributed by atoms with Gasteiger partial charge in [-0.25, -0.2) is 0 Å². The van der Waals surface area contributed by atoms with Crippen molar-refractivity contribution in [1.82, 2.24) is 19.6 Å². The van der Waals surface area contributed by atoms with Crippen molar-refractivity contribution in [2.75, 3.05) is 20.1 Å². The minimum Gasteiger partial charge on any atom is -0.389 e. The zero-order valence-corrected chi connectivity index (χ0v) is 16.0. The van der Waals surface area contributed by atoms with E-state index in [1.807, 2.05) is 20.2 Å². The van der Waals surface area contributed by atoms with Crippen LogP contribution in [0.25, 0.3) is 0 Å². The van der Waals surface area contributed by atoms with Gasteiger partial charge in [0.15, 0.2) is 0 Å². The van der Waals surface area contributed by atoms with Crippen LogP contribution >= 0.6 is 0 Å². The van der Waals surface area contributed by atoms with Gasteiger partial charge in [0.2, 0.25) is 0 Å². The van der Waals surface area contributed by atoms with E-state index >= 15 is 0 Å². The van der Waals surface area contributed by atoms with Gasteiger partial charge in [0.1, 0.15) is 5.69 Å². The fourth-order valence-corrected chi connectivity index (χ4v) is 4.41. The van der Waals surface area contributed by atoms with Crippen LogP contribution in [0.3, 0.4) is 0 Å². The first-order valence-electron chi connectivity index (χ1n) is 9.60. The largest absolute Gasteiger partial charge is 0.389 e. The van der Waals surface area contributed by atoms with E-state index in [1.54, 1.807) is 9.58 Å². The Morgan fingerprint density at radius 2 is 2.04 bits per heavy atom. The van der Waals surface area contributed by atoms with Gasteiger partial charge >= 0.3 is 0 Å².